The van der Waals surface area contributed by atoms with Crippen molar-refractivity contribution in [2.45, 2.75) is 13.3 Å². The third-order valence-corrected chi connectivity index (χ3v) is 5.77. The Morgan fingerprint density at radius 1 is 1.14 bits per heavy atom. The summed E-state index contributed by atoms with van der Waals surface area (Å²) in [6.07, 6.45) is 0.333. The summed E-state index contributed by atoms with van der Waals surface area (Å²) >= 11 is 5.04. The van der Waals surface area contributed by atoms with E-state index in [0.717, 1.165) is 37.7 Å². The first-order chi connectivity index (χ1) is 13.5. The summed E-state index contributed by atoms with van der Waals surface area (Å²) in [5.41, 5.74) is 1.87. The van der Waals surface area contributed by atoms with Gasteiger partial charge in [0, 0.05) is 17.6 Å². The van der Waals surface area contributed by atoms with Crippen molar-refractivity contribution in [1.82, 2.24) is 9.88 Å². The number of rotatable bonds is 8. The average Bonchev–Trinajstić information content (AvgIpc) is 3.06. The molecule has 1 aromatic heterocycles. The molecule has 0 bridgehead atoms. The number of carbonyl (C=O) groups is 1. The van der Waals surface area contributed by atoms with Crippen LogP contribution in [0.25, 0.3) is 10.2 Å². The fourth-order valence-corrected chi connectivity index (χ4v) is 4.33. The molecule has 1 heterocycles. The fourth-order valence-electron chi connectivity index (χ4n) is 2.77. The first kappa shape index (κ1) is 20.8. The zero-order valence-electron chi connectivity index (χ0n) is 16.3. The molecule has 0 unspecified atom stereocenters. The quantitative estimate of drug-likeness (QED) is 0.491. The van der Waals surface area contributed by atoms with E-state index in [-0.39, 0.29) is 5.91 Å². The number of carbonyl (C=O) groups excluding carboxylic acids is 1. The van der Waals surface area contributed by atoms with E-state index in [2.05, 4.69) is 20.8 Å². The Hall–Kier alpha value is -1.96. The van der Waals surface area contributed by atoms with Crippen LogP contribution in [-0.2, 0) is 11.2 Å². The van der Waals surface area contributed by atoms with Gasteiger partial charge in [0.2, 0.25) is 5.91 Å². The Bertz CT molecular complexity index is 940. The predicted octanol–water partition coefficient (Wildman–Crippen LogP) is 4.59. The molecule has 148 valence electrons. The van der Waals surface area contributed by atoms with Gasteiger partial charge in [-0.05, 0) is 56.9 Å². The number of fused-ring (bicyclic) bond motifs is 1. The van der Waals surface area contributed by atoms with Crippen LogP contribution in [0.1, 0.15) is 12.5 Å². The summed E-state index contributed by atoms with van der Waals surface area (Å²) in [5, 5.41) is 0.742. The maximum Gasteiger partial charge on any atom is 0.233 e. The minimum atomic E-state index is 0.0455. The summed E-state index contributed by atoms with van der Waals surface area (Å²) in [4.78, 5) is 21.7. The van der Waals surface area contributed by atoms with Crippen LogP contribution in [0.5, 0.6) is 5.75 Å². The van der Waals surface area contributed by atoms with Gasteiger partial charge in [-0.2, -0.15) is 0 Å². The van der Waals surface area contributed by atoms with E-state index in [9.17, 15) is 4.79 Å². The van der Waals surface area contributed by atoms with Crippen molar-refractivity contribution < 1.29 is 9.53 Å². The number of aromatic nitrogens is 1. The zero-order valence-corrected chi connectivity index (χ0v) is 18.7. The maximum absolute atomic E-state index is 13.1. The van der Waals surface area contributed by atoms with E-state index in [1.807, 2.05) is 63.5 Å². The van der Waals surface area contributed by atoms with Crippen molar-refractivity contribution in [3.8, 4) is 5.75 Å². The van der Waals surface area contributed by atoms with Crippen LogP contribution in [0.3, 0.4) is 0 Å². The van der Waals surface area contributed by atoms with E-state index in [1.165, 1.54) is 0 Å². The maximum atomic E-state index is 13.1. The lowest BCUT2D eigenvalue weighted by Gasteiger charge is -2.22. The molecule has 0 radical (unpaired) electrons. The Kier molecular flexibility index (Phi) is 7.04. The fraction of sp³-hybridized carbons (Fsp3) is 0.333. The Labute approximate surface area is 178 Å². The summed E-state index contributed by atoms with van der Waals surface area (Å²) in [6.45, 7) is 3.96. The Morgan fingerprint density at radius 2 is 1.89 bits per heavy atom. The normalized spacial score (nSPS) is 11.2. The number of anilines is 1. The van der Waals surface area contributed by atoms with E-state index in [0.29, 0.717) is 19.6 Å². The molecular weight excluding hydrogens is 438 g/mol. The van der Waals surface area contributed by atoms with Crippen LogP contribution in [0, 0.1) is 0 Å². The first-order valence-electron chi connectivity index (χ1n) is 9.19. The van der Waals surface area contributed by atoms with Crippen molar-refractivity contribution in [2.24, 2.45) is 0 Å². The molecule has 0 aliphatic heterocycles. The number of likely N-dealkylation sites (N-methyl/N-ethyl adjacent to an activating group) is 1. The predicted molar refractivity (Wildman–Crippen MR) is 120 cm³/mol. The third-order valence-electron chi connectivity index (χ3n) is 4.23. The molecule has 0 saturated carbocycles. The van der Waals surface area contributed by atoms with E-state index >= 15 is 0 Å². The van der Waals surface area contributed by atoms with Gasteiger partial charge in [-0.1, -0.05) is 39.4 Å². The van der Waals surface area contributed by atoms with Gasteiger partial charge >= 0.3 is 0 Å². The summed E-state index contributed by atoms with van der Waals surface area (Å²) in [5.74, 6) is 0.865. The van der Waals surface area contributed by atoms with Crippen molar-refractivity contribution in [3.05, 3.63) is 52.5 Å². The Balaban J connectivity index is 1.82. The standard InChI is InChI=1S/C21H24BrN3O2S/c1-4-27-17-8-5-15(6-9-17)13-20(26)25(12-11-24(2)3)21-23-18-10-7-16(22)14-19(18)28-21/h5-10,14H,4,11-13H2,1-3H3. The van der Waals surface area contributed by atoms with Gasteiger partial charge < -0.3 is 9.64 Å². The minimum absolute atomic E-state index is 0.0455. The number of hydrogen-bond donors (Lipinski definition) is 0. The number of hydrogen-bond acceptors (Lipinski definition) is 5. The number of nitrogens with zero attached hydrogens (tertiary/aromatic N) is 3. The van der Waals surface area contributed by atoms with Gasteiger partial charge in [0.15, 0.2) is 5.13 Å². The molecule has 0 fully saturated rings. The van der Waals surface area contributed by atoms with E-state index < -0.39 is 0 Å². The molecule has 0 saturated heterocycles. The molecule has 0 N–H and O–H groups in total. The second-order valence-corrected chi connectivity index (χ2v) is 8.64. The number of benzene rings is 2. The molecule has 0 aliphatic rings. The van der Waals surface area contributed by atoms with Crippen molar-refractivity contribution in [1.29, 1.82) is 0 Å². The lowest BCUT2D eigenvalue weighted by molar-refractivity contribution is -0.118. The number of ether oxygens (including phenoxy) is 1. The Morgan fingerprint density at radius 3 is 2.57 bits per heavy atom. The van der Waals surface area contributed by atoms with Crippen molar-refractivity contribution in [3.63, 3.8) is 0 Å². The van der Waals surface area contributed by atoms with Crippen LogP contribution in [0.2, 0.25) is 0 Å². The molecule has 28 heavy (non-hydrogen) atoms. The van der Waals surface area contributed by atoms with Crippen LogP contribution < -0.4 is 9.64 Å². The summed E-state index contributed by atoms with van der Waals surface area (Å²) < 4.78 is 7.55. The SMILES string of the molecule is CCOc1ccc(CC(=O)N(CCN(C)C)c2nc3ccc(Br)cc3s2)cc1. The number of halogens is 1. The number of amides is 1. The van der Waals surface area contributed by atoms with Gasteiger partial charge in [0.1, 0.15) is 5.75 Å². The van der Waals surface area contributed by atoms with E-state index in [1.54, 1.807) is 16.2 Å². The molecule has 3 rings (SSSR count). The zero-order chi connectivity index (χ0) is 20.1. The topological polar surface area (TPSA) is 45.7 Å². The van der Waals surface area contributed by atoms with Crippen LogP contribution >= 0.6 is 27.3 Å². The van der Waals surface area contributed by atoms with Crippen molar-refractivity contribution in [2.75, 3.05) is 38.7 Å². The number of thiazole rings is 1. The molecule has 0 spiro atoms. The van der Waals surface area contributed by atoms with Gasteiger partial charge in [0.25, 0.3) is 0 Å². The van der Waals surface area contributed by atoms with Crippen LogP contribution in [0.15, 0.2) is 46.9 Å². The van der Waals surface area contributed by atoms with Gasteiger partial charge in [-0.3, -0.25) is 9.69 Å². The van der Waals surface area contributed by atoms with Gasteiger partial charge in [-0.15, -0.1) is 0 Å². The highest BCUT2D eigenvalue weighted by Crippen LogP contribution is 2.31. The lowest BCUT2D eigenvalue weighted by Crippen LogP contribution is -2.37. The highest BCUT2D eigenvalue weighted by atomic mass is 79.9. The molecule has 7 heteroatoms. The van der Waals surface area contributed by atoms with Crippen LogP contribution in [-0.4, -0.2) is 49.6 Å². The average molecular weight is 462 g/mol. The van der Waals surface area contributed by atoms with E-state index in [4.69, 9.17) is 9.72 Å². The lowest BCUT2D eigenvalue weighted by atomic mass is 10.1. The highest BCUT2D eigenvalue weighted by Gasteiger charge is 2.20. The summed E-state index contributed by atoms with van der Waals surface area (Å²) in [6, 6.07) is 13.7. The first-order valence-corrected chi connectivity index (χ1v) is 10.8. The smallest absolute Gasteiger partial charge is 0.233 e. The molecule has 5 nitrogen and oxygen atoms in total. The summed E-state index contributed by atoms with van der Waals surface area (Å²) in [7, 11) is 4.01. The highest BCUT2D eigenvalue weighted by molar-refractivity contribution is 9.10. The molecule has 0 aliphatic carbocycles. The molecule has 0 atom stereocenters. The monoisotopic (exact) mass is 461 g/mol. The minimum Gasteiger partial charge on any atom is -0.494 e. The molecule has 2 aromatic carbocycles. The van der Waals surface area contributed by atoms with Gasteiger partial charge in [-0.25, -0.2) is 4.98 Å². The molecular formula is C21H24BrN3O2S. The second-order valence-electron chi connectivity index (χ2n) is 6.71. The van der Waals surface area contributed by atoms with Gasteiger partial charge in [0.05, 0.1) is 23.2 Å². The second kappa shape index (κ2) is 9.49. The molecule has 3 aromatic rings. The van der Waals surface area contributed by atoms with Crippen LogP contribution in [0.4, 0.5) is 5.13 Å². The molecule has 1 amide bonds. The largest absolute Gasteiger partial charge is 0.494 e. The van der Waals surface area contributed by atoms with Crippen molar-refractivity contribution >= 4 is 48.5 Å². The third kappa shape index (κ3) is 5.31.